The van der Waals surface area contributed by atoms with E-state index in [4.69, 9.17) is 5.73 Å². The van der Waals surface area contributed by atoms with E-state index in [2.05, 4.69) is 17.1 Å². The molecule has 2 aromatic rings. The minimum absolute atomic E-state index is 0.235. The molecule has 2 aromatic carbocycles. The van der Waals surface area contributed by atoms with Crippen LogP contribution >= 0.6 is 0 Å². The molecular weight excluding hydrogens is 284 g/mol. The zero-order valence-corrected chi connectivity index (χ0v) is 14.0. The van der Waals surface area contributed by atoms with Gasteiger partial charge in [0, 0.05) is 22.9 Å². The van der Waals surface area contributed by atoms with E-state index in [0.29, 0.717) is 0 Å². The molecule has 3 heteroatoms. The number of aliphatic imine (C=N–C) groups is 1. The van der Waals surface area contributed by atoms with Gasteiger partial charge >= 0.3 is 0 Å². The first kappa shape index (κ1) is 16.9. The molecule has 0 spiro atoms. The fraction of sp³-hybridized carbons (Fsp3) is 0.300. The quantitative estimate of drug-likeness (QED) is 0.628. The molecule has 2 N–H and O–H groups in total. The maximum Gasteiger partial charge on any atom is 0.135 e. The van der Waals surface area contributed by atoms with E-state index in [1.807, 2.05) is 50.2 Å². The van der Waals surface area contributed by atoms with E-state index in [0.717, 1.165) is 29.8 Å². The molecular formula is C20H24N2O. The molecule has 0 heterocycles. The van der Waals surface area contributed by atoms with Crippen LogP contribution in [0, 0.1) is 5.41 Å². The molecule has 2 rings (SSSR count). The van der Waals surface area contributed by atoms with Gasteiger partial charge in [0.1, 0.15) is 5.78 Å². The molecule has 0 atom stereocenters. The van der Waals surface area contributed by atoms with Gasteiger partial charge in [-0.15, -0.1) is 0 Å². The normalized spacial score (nSPS) is 11.8. The van der Waals surface area contributed by atoms with Gasteiger partial charge in [-0.2, -0.15) is 0 Å². The SMILES string of the molecule is CC(=O)C(C)(C)CCc1ccc(N=Cc2ccccc2N)cc1. The molecule has 0 radical (unpaired) electrons. The lowest BCUT2D eigenvalue weighted by Gasteiger charge is -2.20. The Morgan fingerprint density at radius 1 is 1.13 bits per heavy atom. The summed E-state index contributed by atoms with van der Waals surface area (Å²) < 4.78 is 0. The highest BCUT2D eigenvalue weighted by molar-refractivity contribution is 5.88. The number of anilines is 1. The van der Waals surface area contributed by atoms with Crippen molar-refractivity contribution < 1.29 is 4.79 Å². The van der Waals surface area contributed by atoms with E-state index >= 15 is 0 Å². The zero-order chi connectivity index (χ0) is 16.9. The highest BCUT2D eigenvalue weighted by Gasteiger charge is 2.22. The summed E-state index contributed by atoms with van der Waals surface area (Å²) in [5, 5.41) is 0. The third-order valence-corrected chi connectivity index (χ3v) is 4.28. The van der Waals surface area contributed by atoms with Crippen LogP contribution in [0.5, 0.6) is 0 Å². The monoisotopic (exact) mass is 308 g/mol. The summed E-state index contributed by atoms with van der Waals surface area (Å²) in [6.07, 6.45) is 3.52. The van der Waals surface area contributed by atoms with Crippen molar-refractivity contribution >= 4 is 23.4 Å². The Bertz CT molecular complexity index is 700. The topological polar surface area (TPSA) is 55.5 Å². The van der Waals surface area contributed by atoms with Crippen LogP contribution in [-0.4, -0.2) is 12.0 Å². The molecule has 0 saturated carbocycles. The molecule has 0 bridgehead atoms. The molecule has 0 amide bonds. The molecule has 0 aliphatic rings. The number of Topliss-reactive ketones (excluding diaryl/α,β-unsaturated/α-hetero) is 1. The van der Waals surface area contributed by atoms with Crippen LogP contribution in [0.3, 0.4) is 0 Å². The number of benzene rings is 2. The highest BCUT2D eigenvalue weighted by Crippen LogP contribution is 2.24. The fourth-order valence-corrected chi connectivity index (χ4v) is 2.15. The van der Waals surface area contributed by atoms with Crippen molar-refractivity contribution in [3.8, 4) is 0 Å². The number of hydrogen-bond donors (Lipinski definition) is 1. The lowest BCUT2D eigenvalue weighted by atomic mass is 9.83. The third-order valence-electron chi connectivity index (χ3n) is 4.28. The second kappa shape index (κ2) is 7.23. The second-order valence-corrected chi connectivity index (χ2v) is 6.49. The van der Waals surface area contributed by atoms with E-state index < -0.39 is 0 Å². The minimum atomic E-state index is -0.262. The van der Waals surface area contributed by atoms with Gasteiger partial charge in [0.15, 0.2) is 0 Å². The van der Waals surface area contributed by atoms with Crippen molar-refractivity contribution in [2.24, 2.45) is 10.4 Å². The summed E-state index contributed by atoms with van der Waals surface area (Å²) in [6.45, 7) is 5.66. The van der Waals surface area contributed by atoms with Gasteiger partial charge in [-0.3, -0.25) is 9.79 Å². The van der Waals surface area contributed by atoms with E-state index in [9.17, 15) is 4.79 Å². The van der Waals surface area contributed by atoms with Gasteiger partial charge in [0.2, 0.25) is 0 Å². The van der Waals surface area contributed by atoms with Gasteiger partial charge < -0.3 is 5.73 Å². The van der Waals surface area contributed by atoms with E-state index in [1.165, 1.54) is 5.56 Å². The second-order valence-electron chi connectivity index (χ2n) is 6.49. The summed E-state index contributed by atoms with van der Waals surface area (Å²) >= 11 is 0. The minimum Gasteiger partial charge on any atom is -0.398 e. The van der Waals surface area contributed by atoms with Crippen LogP contribution in [0.15, 0.2) is 53.5 Å². The number of hydrogen-bond acceptors (Lipinski definition) is 3. The first-order valence-corrected chi connectivity index (χ1v) is 7.87. The number of aryl methyl sites for hydroxylation is 1. The molecule has 0 unspecified atom stereocenters. The Hall–Kier alpha value is -2.42. The van der Waals surface area contributed by atoms with Crippen LogP contribution in [0.4, 0.5) is 11.4 Å². The number of nitrogens with two attached hydrogens (primary N) is 1. The van der Waals surface area contributed by atoms with Gasteiger partial charge in [0.25, 0.3) is 0 Å². The largest absolute Gasteiger partial charge is 0.398 e. The predicted molar refractivity (Wildman–Crippen MR) is 97.3 cm³/mol. The van der Waals surface area contributed by atoms with Crippen molar-refractivity contribution in [1.82, 2.24) is 0 Å². The van der Waals surface area contributed by atoms with Crippen LogP contribution < -0.4 is 5.73 Å². The van der Waals surface area contributed by atoms with Crippen molar-refractivity contribution in [3.05, 3.63) is 59.7 Å². The van der Waals surface area contributed by atoms with Crippen molar-refractivity contribution in [3.63, 3.8) is 0 Å². The lowest BCUT2D eigenvalue weighted by molar-refractivity contribution is -0.125. The maximum atomic E-state index is 11.6. The Balaban J connectivity index is 2.00. The smallest absolute Gasteiger partial charge is 0.135 e. The zero-order valence-electron chi connectivity index (χ0n) is 14.0. The Labute approximate surface area is 138 Å². The van der Waals surface area contributed by atoms with E-state index in [1.54, 1.807) is 13.1 Å². The van der Waals surface area contributed by atoms with Crippen LogP contribution in [0.2, 0.25) is 0 Å². The lowest BCUT2D eigenvalue weighted by Crippen LogP contribution is -2.21. The molecule has 0 aliphatic heterocycles. The Kier molecular flexibility index (Phi) is 5.32. The molecule has 3 nitrogen and oxygen atoms in total. The average Bonchev–Trinajstić information content (AvgIpc) is 2.53. The van der Waals surface area contributed by atoms with Gasteiger partial charge in [0.05, 0.1) is 5.69 Å². The predicted octanol–water partition coefficient (Wildman–Crippen LogP) is 4.57. The first-order chi connectivity index (χ1) is 10.9. The standard InChI is InChI=1S/C20H24N2O/c1-15(23)20(2,3)13-12-16-8-10-18(11-9-16)22-14-17-6-4-5-7-19(17)21/h4-11,14H,12-13,21H2,1-3H3. The van der Waals surface area contributed by atoms with E-state index in [-0.39, 0.29) is 11.2 Å². The number of ketones is 1. The summed E-state index contributed by atoms with van der Waals surface area (Å²) in [4.78, 5) is 16.0. The van der Waals surface area contributed by atoms with Crippen LogP contribution in [-0.2, 0) is 11.2 Å². The number of carbonyl (C=O) groups excluding carboxylic acids is 1. The number of nitrogen functional groups attached to an aromatic ring is 1. The summed E-state index contributed by atoms with van der Waals surface area (Å²) in [7, 11) is 0. The van der Waals surface area contributed by atoms with Crippen LogP contribution in [0.1, 0.15) is 38.3 Å². The first-order valence-electron chi connectivity index (χ1n) is 7.87. The molecule has 0 aliphatic carbocycles. The number of nitrogens with zero attached hydrogens (tertiary/aromatic N) is 1. The van der Waals surface area contributed by atoms with Gasteiger partial charge in [-0.05, 0) is 43.5 Å². The maximum absolute atomic E-state index is 11.6. The highest BCUT2D eigenvalue weighted by atomic mass is 16.1. The molecule has 120 valence electrons. The summed E-state index contributed by atoms with van der Waals surface area (Å²) in [5.41, 5.74) is 9.38. The average molecular weight is 308 g/mol. The molecule has 0 fully saturated rings. The van der Waals surface area contributed by atoms with Gasteiger partial charge in [-0.1, -0.05) is 44.2 Å². The van der Waals surface area contributed by atoms with Crippen LogP contribution in [0.25, 0.3) is 0 Å². The van der Waals surface area contributed by atoms with Crippen molar-refractivity contribution in [2.45, 2.75) is 33.6 Å². The number of carbonyl (C=O) groups is 1. The van der Waals surface area contributed by atoms with Crippen molar-refractivity contribution in [2.75, 3.05) is 5.73 Å². The Morgan fingerprint density at radius 2 is 1.78 bits per heavy atom. The number of para-hydroxylation sites is 1. The number of rotatable bonds is 6. The van der Waals surface area contributed by atoms with Gasteiger partial charge in [-0.25, -0.2) is 0 Å². The molecule has 0 saturated heterocycles. The molecule has 23 heavy (non-hydrogen) atoms. The fourth-order valence-electron chi connectivity index (χ4n) is 2.15. The summed E-state index contributed by atoms with van der Waals surface area (Å²) in [5.74, 6) is 0.235. The third kappa shape index (κ3) is 4.78. The Morgan fingerprint density at radius 3 is 2.39 bits per heavy atom. The molecule has 0 aromatic heterocycles. The van der Waals surface area contributed by atoms with Crippen molar-refractivity contribution in [1.29, 1.82) is 0 Å². The summed E-state index contributed by atoms with van der Waals surface area (Å²) in [6, 6.07) is 15.8.